The number of hydrogen-bond acceptors (Lipinski definition) is 4. The maximum absolute atomic E-state index is 12.2. The molecule has 0 bridgehead atoms. The van der Waals surface area contributed by atoms with E-state index in [0.29, 0.717) is 11.4 Å². The zero-order valence-electron chi connectivity index (χ0n) is 13.1. The van der Waals surface area contributed by atoms with Gasteiger partial charge in [-0.3, -0.25) is 4.79 Å². The van der Waals surface area contributed by atoms with E-state index in [1.54, 1.807) is 0 Å². The van der Waals surface area contributed by atoms with Crippen LogP contribution in [0.3, 0.4) is 0 Å². The minimum Gasteiger partial charge on any atom is -0.406 e. The second-order valence-corrected chi connectivity index (χ2v) is 6.32. The molecule has 0 fully saturated rings. The number of ether oxygens (including phenoxy) is 1. The van der Waals surface area contributed by atoms with Crippen LogP contribution in [0.15, 0.2) is 58.2 Å². The molecule has 1 aliphatic heterocycles. The molecule has 3 rings (SSSR count). The molecule has 1 aliphatic rings. The Hall–Kier alpha value is -2.55. The van der Waals surface area contributed by atoms with Gasteiger partial charge in [-0.1, -0.05) is 33.2 Å². The van der Waals surface area contributed by atoms with E-state index in [4.69, 9.17) is 4.84 Å². The fourth-order valence-electron chi connectivity index (χ4n) is 2.32. The van der Waals surface area contributed by atoms with Gasteiger partial charge in [0, 0.05) is 22.1 Å². The van der Waals surface area contributed by atoms with E-state index in [9.17, 15) is 18.0 Å². The second-order valence-electron chi connectivity index (χ2n) is 5.41. The zero-order valence-corrected chi connectivity index (χ0v) is 14.7. The third-order valence-electron chi connectivity index (χ3n) is 3.47. The molecular weight excluding hydrogens is 417 g/mol. The Morgan fingerprint density at radius 2 is 1.96 bits per heavy atom. The first-order valence-electron chi connectivity index (χ1n) is 7.45. The van der Waals surface area contributed by atoms with Crippen molar-refractivity contribution in [2.24, 2.45) is 5.16 Å². The van der Waals surface area contributed by atoms with Crippen LogP contribution in [0.2, 0.25) is 0 Å². The van der Waals surface area contributed by atoms with Crippen LogP contribution in [0, 0.1) is 0 Å². The Morgan fingerprint density at radius 1 is 1.23 bits per heavy atom. The number of carbonyl (C=O) groups is 1. The molecule has 0 radical (unpaired) electrons. The van der Waals surface area contributed by atoms with Crippen molar-refractivity contribution >= 4 is 33.2 Å². The number of carbonyl (C=O) groups excluding carboxylic acids is 1. The molecule has 1 heterocycles. The Bertz CT molecular complexity index is 838. The smallest absolute Gasteiger partial charge is 0.406 e. The highest BCUT2D eigenvalue weighted by Crippen LogP contribution is 2.25. The van der Waals surface area contributed by atoms with E-state index in [1.807, 2.05) is 24.3 Å². The maximum Gasteiger partial charge on any atom is 0.573 e. The third-order valence-corrected chi connectivity index (χ3v) is 3.97. The lowest BCUT2D eigenvalue weighted by atomic mass is 10.0. The highest BCUT2D eigenvalue weighted by atomic mass is 79.9. The predicted molar refractivity (Wildman–Crippen MR) is 91.9 cm³/mol. The van der Waals surface area contributed by atoms with Gasteiger partial charge in [-0.25, -0.2) is 0 Å². The first-order chi connectivity index (χ1) is 12.3. The Balaban J connectivity index is 1.58. The van der Waals surface area contributed by atoms with Gasteiger partial charge < -0.3 is 14.9 Å². The molecule has 1 atom stereocenters. The van der Waals surface area contributed by atoms with E-state index < -0.39 is 18.4 Å². The van der Waals surface area contributed by atoms with Gasteiger partial charge in [0.15, 0.2) is 0 Å². The molecule has 0 spiro atoms. The average molecular weight is 429 g/mol. The largest absolute Gasteiger partial charge is 0.573 e. The van der Waals surface area contributed by atoms with Gasteiger partial charge in [0.2, 0.25) is 6.10 Å². The van der Waals surface area contributed by atoms with Crippen molar-refractivity contribution < 1.29 is 27.5 Å². The van der Waals surface area contributed by atoms with Crippen molar-refractivity contribution in [2.75, 3.05) is 5.32 Å². The van der Waals surface area contributed by atoms with Crippen molar-refractivity contribution in [3.8, 4) is 5.75 Å². The first-order valence-corrected chi connectivity index (χ1v) is 8.25. The highest BCUT2D eigenvalue weighted by Gasteiger charge is 2.31. The van der Waals surface area contributed by atoms with Crippen LogP contribution in [0.4, 0.5) is 18.9 Å². The van der Waals surface area contributed by atoms with E-state index in [2.05, 4.69) is 31.1 Å². The van der Waals surface area contributed by atoms with E-state index in [0.717, 1.165) is 22.2 Å². The average Bonchev–Trinajstić information content (AvgIpc) is 3.05. The van der Waals surface area contributed by atoms with Crippen LogP contribution < -0.4 is 10.1 Å². The van der Waals surface area contributed by atoms with E-state index in [-0.39, 0.29) is 12.2 Å². The summed E-state index contributed by atoms with van der Waals surface area (Å²) in [6, 6.07) is 12.3. The van der Waals surface area contributed by atoms with Gasteiger partial charge in [0.25, 0.3) is 5.91 Å². The fraction of sp³-hybridized carbons (Fsp3) is 0.176. The lowest BCUT2D eigenvalue weighted by molar-refractivity contribution is -0.274. The van der Waals surface area contributed by atoms with Gasteiger partial charge in [0.05, 0.1) is 5.71 Å². The van der Waals surface area contributed by atoms with Crippen molar-refractivity contribution in [3.63, 3.8) is 0 Å². The van der Waals surface area contributed by atoms with Crippen LogP contribution in [0.25, 0.3) is 0 Å². The normalized spacial score (nSPS) is 16.6. The molecule has 9 heteroatoms. The summed E-state index contributed by atoms with van der Waals surface area (Å²) in [6.45, 7) is 0. The van der Waals surface area contributed by atoms with Gasteiger partial charge in [-0.2, -0.15) is 0 Å². The summed E-state index contributed by atoms with van der Waals surface area (Å²) in [5.41, 5.74) is 1.80. The molecule has 0 saturated heterocycles. The van der Waals surface area contributed by atoms with Crippen molar-refractivity contribution in [2.45, 2.75) is 18.9 Å². The molecule has 0 saturated carbocycles. The number of alkyl halides is 3. The summed E-state index contributed by atoms with van der Waals surface area (Å²) >= 11 is 3.37. The molecule has 1 N–H and O–H groups in total. The topological polar surface area (TPSA) is 59.9 Å². The summed E-state index contributed by atoms with van der Waals surface area (Å²) in [4.78, 5) is 17.4. The maximum atomic E-state index is 12.2. The summed E-state index contributed by atoms with van der Waals surface area (Å²) < 4.78 is 41.1. The number of amides is 1. The molecule has 0 aliphatic carbocycles. The van der Waals surface area contributed by atoms with E-state index >= 15 is 0 Å². The number of benzene rings is 2. The molecule has 5 nitrogen and oxygen atoms in total. The predicted octanol–water partition coefficient (Wildman–Crippen LogP) is 4.48. The van der Waals surface area contributed by atoms with Gasteiger partial charge in [-0.05, 0) is 36.4 Å². The Labute approximate surface area is 154 Å². The van der Waals surface area contributed by atoms with E-state index in [1.165, 1.54) is 12.1 Å². The lowest BCUT2D eigenvalue weighted by Gasteiger charge is -2.11. The minimum absolute atomic E-state index is 0.289. The van der Waals surface area contributed by atoms with Gasteiger partial charge in [-0.15, -0.1) is 13.2 Å². The number of rotatable bonds is 4. The number of anilines is 1. The Kier molecular flexibility index (Phi) is 5.17. The monoisotopic (exact) mass is 428 g/mol. The second kappa shape index (κ2) is 7.36. The van der Waals surface area contributed by atoms with Crippen LogP contribution in [-0.4, -0.2) is 24.1 Å². The minimum atomic E-state index is -4.76. The van der Waals surface area contributed by atoms with Crippen molar-refractivity contribution in [3.05, 3.63) is 58.6 Å². The number of hydrogen-bond donors (Lipinski definition) is 1. The van der Waals surface area contributed by atoms with Crippen molar-refractivity contribution in [1.82, 2.24) is 0 Å². The third kappa shape index (κ3) is 4.75. The quantitative estimate of drug-likeness (QED) is 0.780. The zero-order chi connectivity index (χ0) is 18.7. The number of halogens is 4. The number of nitrogens with zero attached hydrogens (tertiary/aromatic N) is 1. The van der Waals surface area contributed by atoms with Crippen LogP contribution >= 0.6 is 15.9 Å². The first kappa shape index (κ1) is 18.2. The van der Waals surface area contributed by atoms with Crippen molar-refractivity contribution in [1.29, 1.82) is 0 Å². The summed E-state index contributed by atoms with van der Waals surface area (Å²) in [5, 5.41) is 6.51. The van der Waals surface area contributed by atoms with Gasteiger partial charge >= 0.3 is 6.36 Å². The van der Waals surface area contributed by atoms with Crippen LogP contribution in [0.1, 0.15) is 12.0 Å². The molecule has 1 unspecified atom stereocenters. The van der Waals surface area contributed by atoms with Crippen LogP contribution in [-0.2, 0) is 9.63 Å². The summed E-state index contributed by atoms with van der Waals surface area (Å²) in [7, 11) is 0. The summed E-state index contributed by atoms with van der Waals surface area (Å²) in [6.07, 6.45) is -5.28. The van der Waals surface area contributed by atoms with Crippen LogP contribution in [0.5, 0.6) is 5.75 Å². The standard InChI is InChI=1S/C17H12BrF3N2O3/c18-11-3-1-2-10(8-11)14-9-15(26-23-14)16(24)22-12-4-6-13(7-5-12)25-17(19,20)21/h1-8,15H,9H2,(H,22,24). The fourth-order valence-corrected chi connectivity index (χ4v) is 2.72. The highest BCUT2D eigenvalue weighted by molar-refractivity contribution is 9.10. The molecule has 136 valence electrons. The molecule has 0 aromatic heterocycles. The summed E-state index contributed by atoms with van der Waals surface area (Å²) in [5.74, 6) is -0.809. The SMILES string of the molecule is O=C(Nc1ccc(OC(F)(F)F)cc1)C1CC(c2cccc(Br)c2)=NO1. The number of oxime groups is 1. The number of nitrogens with one attached hydrogen (secondary N) is 1. The molecule has 26 heavy (non-hydrogen) atoms. The molecule has 2 aromatic rings. The molecule has 1 amide bonds. The van der Waals surface area contributed by atoms with Gasteiger partial charge in [0.1, 0.15) is 5.75 Å². The lowest BCUT2D eigenvalue weighted by Crippen LogP contribution is -2.28. The Morgan fingerprint density at radius 3 is 2.62 bits per heavy atom. The molecule has 2 aromatic carbocycles. The molecular formula is C17H12BrF3N2O3.